The van der Waals surface area contributed by atoms with Crippen LogP contribution in [0.2, 0.25) is 5.02 Å². The third kappa shape index (κ3) is 4.30. The molecule has 0 spiro atoms. The minimum Gasteiger partial charge on any atom is -0.369 e. The second-order valence-corrected chi connectivity index (χ2v) is 8.11. The van der Waals surface area contributed by atoms with Crippen LogP contribution in [-0.2, 0) is 21.0 Å². The number of alkyl halides is 3. The van der Waals surface area contributed by atoms with E-state index >= 15 is 0 Å². The number of carbonyl (C=O) groups is 1. The van der Waals surface area contributed by atoms with E-state index in [4.69, 9.17) is 22.5 Å². The van der Waals surface area contributed by atoms with E-state index in [9.17, 15) is 26.4 Å². The predicted molar refractivity (Wildman–Crippen MR) is 100 cm³/mol. The number of carbonyl (C=O) groups excluding carboxylic acids is 1. The Morgan fingerprint density at radius 3 is 2.37 bits per heavy atom. The molecule has 0 aliphatic heterocycles. The van der Waals surface area contributed by atoms with Gasteiger partial charge in [0.05, 0.1) is 17.8 Å². The quantitative estimate of drug-likeness (QED) is 0.603. The van der Waals surface area contributed by atoms with Gasteiger partial charge in [0.25, 0.3) is 0 Å². The Labute approximate surface area is 173 Å². The Balaban J connectivity index is 2.19. The van der Waals surface area contributed by atoms with Crippen LogP contribution in [0.15, 0.2) is 53.6 Å². The van der Waals surface area contributed by atoms with E-state index in [2.05, 4.69) is 10.3 Å². The van der Waals surface area contributed by atoms with Crippen molar-refractivity contribution >= 4 is 27.5 Å². The van der Waals surface area contributed by atoms with Gasteiger partial charge < -0.3 is 5.73 Å². The number of sulfonamides is 1. The minimum atomic E-state index is -4.78. The zero-order chi connectivity index (χ0) is 22.3. The molecule has 0 radical (unpaired) electrons. The molecular formula is C17H13ClF3N5O3S. The van der Waals surface area contributed by atoms with Gasteiger partial charge >= 0.3 is 6.18 Å². The van der Waals surface area contributed by atoms with Crippen molar-refractivity contribution in [1.82, 2.24) is 15.0 Å². The highest BCUT2D eigenvalue weighted by Crippen LogP contribution is 2.33. The van der Waals surface area contributed by atoms with Gasteiger partial charge in [0, 0.05) is 5.02 Å². The number of amides is 1. The molecule has 1 amide bonds. The summed E-state index contributed by atoms with van der Waals surface area (Å²) >= 11 is 6.14. The maximum atomic E-state index is 12.8. The number of primary amides is 1. The van der Waals surface area contributed by atoms with Gasteiger partial charge in [-0.1, -0.05) is 41.1 Å². The number of halogens is 4. The molecule has 2 aromatic carbocycles. The molecule has 13 heteroatoms. The Bertz CT molecular complexity index is 1230. The van der Waals surface area contributed by atoms with Crippen molar-refractivity contribution in [3.63, 3.8) is 0 Å². The average molecular weight is 460 g/mol. The molecule has 0 aliphatic rings. The normalized spacial score (nSPS) is 13.2. The first-order valence-electron chi connectivity index (χ1n) is 8.10. The summed E-state index contributed by atoms with van der Waals surface area (Å²) < 4.78 is 63.3. The lowest BCUT2D eigenvalue weighted by Gasteiger charge is -2.18. The predicted octanol–water partition coefficient (Wildman–Crippen LogP) is 2.20. The molecule has 1 atom stereocenters. The maximum Gasteiger partial charge on any atom is 0.436 e. The monoisotopic (exact) mass is 459 g/mol. The first-order chi connectivity index (χ1) is 13.9. The second kappa shape index (κ2) is 7.70. The van der Waals surface area contributed by atoms with Gasteiger partial charge in [-0.05, 0) is 29.3 Å². The SMILES string of the molecule is NC(=O)C(c1ccc(-n2cc(C(F)(F)F)nn2)c(S(N)(=O)=O)c1)c1ccccc1Cl. The molecule has 1 unspecified atom stereocenters. The number of nitrogens with two attached hydrogens (primary N) is 2. The fraction of sp³-hybridized carbons (Fsp3) is 0.118. The molecule has 158 valence electrons. The molecule has 0 bridgehead atoms. The van der Waals surface area contributed by atoms with Crippen molar-refractivity contribution in [1.29, 1.82) is 0 Å². The Morgan fingerprint density at radius 1 is 1.17 bits per heavy atom. The third-order valence-corrected chi connectivity index (χ3v) is 5.44. The van der Waals surface area contributed by atoms with Crippen molar-refractivity contribution in [2.75, 3.05) is 0 Å². The van der Waals surface area contributed by atoms with Crippen molar-refractivity contribution in [2.24, 2.45) is 10.9 Å². The summed E-state index contributed by atoms with van der Waals surface area (Å²) in [6.45, 7) is 0. The van der Waals surface area contributed by atoms with E-state index in [1.54, 1.807) is 12.1 Å². The molecule has 4 N–H and O–H groups in total. The lowest BCUT2D eigenvalue weighted by molar-refractivity contribution is -0.141. The summed E-state index contributed by atoms with van der Waals surface area (Å²) in [5.74, 6) is -1.95. The first kappa shape index (κ1) is 21.7. The Morgan fingerprint density at radius 2 is 1.83 bits per heavy atom. The van der Waals surface area contributed by atoms with Gasteiger partial charge in [-0.2, -0.15) is 13.2 Å². The number of hydrogen-bond acceptors (Lipinski definition) is 5. The second-order valence-electron chi connectivity index (χ2n) is 6.18. The summed E-state index contributed by atoms with van der Waals surface area (Å²) in [5.41, 5.74) is 4.34. The standard InChI is InChI=1S/C17H13ClF3N5O3S/c18-11-4-2-1-3-10(11)15(16(22)27)9-5-6-12(13(7-9)30(23,28)29)26-8-14(24-25-26)17(19,20)21/h1-8,15H,(H2,22,27)(H2,23,28,29). The van der Waals surface area contributed by atoms with E-state index in [1.165, 1.54) is 18.2 Å². The van der Waals surface area contributed by atoms with E-state index in [0.717, 1.165) is 12.1 Å². The first-order valence-corrected chi connectivity index (χ1v) is 10.0. The lowest BCUT2D eigenvalue weighted by atomic mass is 9.90. The van der Waals surface area contributed by atoms with Crippen LogP contribution in [0.5, 0.6) is 0 Å². The van der Waals surface area contributed by atoms with Crippen LogP contribution >= 0.6 is 11.6 Å². The summed E-state index contributed by atoms with van der Waals surface area (Å²) in [6, 6.07) is 9.81. The number of primary sulfonamides is 1. The fourth-order valence-corrected chi connectivity index (χ4v) is 3.84. The van der Waals surface area contributed by atoms with Crippen LogP contribution in [0.25, 0.3) is 5.69 Å². The van der Waals surface area contributed by atoms with Gasteiger partial charge in [-0.3, -0.25) is 4.79 Å². The molecule has 1 aromatic heterocycles. The minimum absolute atomic E-state index is 0.125. The van der Waals surface area contributed by atoms with E-state index in [1.807, 2.05) is 0 Å². The third-order valence-electron chi connectivity index (χ3n) is 4.16. The van der Waals surface area contributed by atoms with Gasteiger partial charge in [0.15, 0.2) is 5.69 Å². The molecule has 1 heterocycles. The highest BCUT2D eigenvalue weighted by molar-refractivity contribution is 7.89. The van der Waals surface area contributed by atoms with Crippen molar-refractivity contribution < 1.29 is 26.4 Å². The fourth-order valence-electron chi connectivity index (χ4n) is 2.85. The summed E-state index contributed by atoms with van der Waals surface area (Å²) in [4.78, 5) is 11.5. The van der Waals surface area contributed by atoms with Gasteiger partial charge in [0.1, 0.15) is 4.90 Å². The van der Waals surface area contributed by atoms with Gasteiger partial charge in [0.2, 0.25) is 15.9 Å². The van der Waals surface area contributed by atoms with E-state index < -0.39 is 38.6 Å². The van der Waals surface area contributed by atoms with E-state index in [0.29, 0.717) is 16.4 Å². The number of nitrogens with zero attached hydrogens (tertiary/aromatic N) is 3. The number of benzene rings is 2. The summed E-state index contributed by atoms with van der Waals surface area (Å²) in [5, 5.41) is 11.8. The average Bonchev–Trinajstić information content (AvgIpc) is 3.13. The molecule has 3 aromatic rings. The molecule has 0 saturated heterocycles. The largest absolute Gasteiger partial charge is 0.436 e. The highest BCUT2D eigenvalue weighted by Gasteiger charge is 2.35. The van der Waals surface area contributed by atoms with Crippen LogP contribution in [-0.4, -0.2) is 29.3 Å². The van der Waals surface area contributed by atoms with Crippen LogP contribution in [0.4, 0.5) is 13.2 Å². The zero-order valence-corrected chi connectivity index (χ0v) is 16.4. The molecule has 0 fully saturated rings. The zero-order valence-electron chi connectivity index (χ0n) is 14.8. The Hall–Kier alpha value is -2.96. The smallest absolute Gasteiger partial charge is 0.369 e. The molecular weight excluding hydrogens is 447 g/mol. The van der Waals surface area contributed by atoms with Gasteiger partial charge in [-0.15, -0.1) is 5.10 Å². The summed E-state index contributed by atoms with van der Waals surface area (Å²) in [6.07, 6.45) is -4.26. The van der Waals surface area contributed by atoms with Crippen LogP contribution in [0.3, 0.4) is 0 Å². The number of rotatable bonds is 5. The summed E-state index contributed by atoms with van der Waals surface area (Å²) in [7, 11) is -4.44. The maximum absolute atomic E-state index is 12.8. The lowest BCUT2D eigenvalue weighted by Crippen LogP contribution is -2.24. The molecule has 0 saturated carbocycles. The van der Waals surface area contributed by atoms with Crippen molar-refractivity contribution in [3.8, 4) is 5.69 Å². The molecule has 3 rings (SSSR count). The van der Waals surface area contributed by atoms with Crippen LogP contribution < -0.4 is 10.9 Å². The van der Waals surface area contributed by atoms with E-state index in [-0.39, 0.29) is 16.3 Å². The Kier molecular flexibility index (Phi) is 5.58. The van der Waals surface area contributed by atoms with Crippen molar-refractivity contribution in [2.45, 2.75) is 17.0 Å². The van der Waals surface area contributed by atoms with Crippen LogP contribution in [0, 0.1) is 0 Å². The van der Waals surface area contributed by atoms with Crippen LogP contribution in [0.1, 0.15) is 22.7 Å². The molecule has 30 heavy (non-hydrogen) atoms. The number of hydrogen-bond donors (Lipinski definition) is 2. The highest BCUT2D eigenvalue weighted by atomic mass is 35.5. The topological polar surface area (TPSA) is 134 Å². The molecule has 0 aliphatic carbocycles. The van der Waals surface area contributed by atoms with Gasteiger partial charge in [-0.25, -0.2) is 18.2 Å². The van der Waals surface area contributed by atoms with Crippen molar-refractivity contribution in [3.05, 3.63) is 70.5 Å². The number of aromatic nitrogens is 3. The molecule has 8 nitrogen and oxygen atoms in total.